The Kier molecular flexibility index (Phi) is 2.40. The monoisotopic (exact) mass is 238 g/mol. The summed E-state index contributed by atoms with van der Waals surface area (Å²) in [5.41, 5.74) is 0.375. The molecule has 1 spiro atoms. The zero-order valence-corrected chi connectivity index (χ0v) is 10.1. The molecule has 2 saturated heterocycles. The van der Waals surface area contributed by atoms with Crippen LogP contribution in [0.15, 0.2) is 0 Å². The Morgan fingerprint density at radius 2 is 2.06 bits per heavy atom. The van der Waals surface area contributed by atoms with Crippen molar-refractivity contribution < 1.29 is 14.3 Å². The molecule has 3 amide bonds. The van der Waals surface area contributed by atoms with E-state index < -0.39 is 0 Å². The molecule has 5 nitrogen and oxygen atoms in total. The van der Waals surface area contributed by atoms with Crippen LogP contribution in [0.2, 0.25) is 0 Å². The number of imide groups is 1. The lowest BCUT2D eigenvalue weighted by Crippen LogP contribution is -2.34. The molecule has 1 unspecified atom stereocenters. The van der Waals surface area contributed by atoms with Crippen molar-refractivity contribution in [2.45, 2.75) is 19.3 Å². The number of hydrogen-bond acceptors (Lipinski definition) is 3. The number of ether oxygens (including phenoxy) is 1. The van der Waals surface area contributed by atoms with E-state index >= 15 is 0 Å². The van der Waals surface area contributed by atoms with Crippen LogP contribution in [-0.4, -0.2) is 55.1 Å². The van der Waals surface area contributed by atoms with E-state index in [1.807, 2.05) is 0 Å². The Bertz CT molecular complexity index is 363. The van der Waals surface area contributed by atoms with Gasteiger partial charge in [0.25, 0.3) is 0 Å². The summed E-state index contributed by atoms with van der Waals surface area (Å²) in [4.78, 5) is 26.3. The molecule has 2 heterocycles. The smallest absolute Gasteiger partial charge is 0.326 e. The summed E-state index contributed by atoms with van der Waals surface area (Å²) in [6, 6.07) is -0.135. The molecule has 3 aliphatic rings. The minimum absolute atomic E-state index is 0.0494. The first-order valence-corrected chi connectivity index (χ1v) is 6.26. The van der Waals surface area contributed by atoms with Gasteiger partial charge in [-0.3, -0.25) is 9.69 Å². The predicted octanol–water partition coefficient (Wildman–Crippen LogP) is 0.697. The second-order valence-corrected chi connectivity index (χ2v) is 5.52. The fraction of sp³-hybridized carbons (Fsp3) is 0.833. The molecule has 3 rings (SSSR count). The van der Waals surface area contributed by atoms with Crippen molar-refractivity contribution in [2.24, 2.45) is 11.3 Å². The van der Waals surface area contributed by atoms with Crippen LogP contribution < -0.4 is 0 Å². The van der Waals surface area contributed by atoms with Crippen molar-refractivity contribution in [3.63, 3.8) is 0 Å². The normalized spacial score (nSPS) is 31.5. The molecule has 0 aromatic carbocycles. The van der Waals surface area contributed by atoms with Gasteiger partial charge < -0.3 is 9.64 Å². The number of likely N-dealkylation sites (N-methyl/N-ethyl adjacent to an activating group) is 1. The molecule has 94 valence electrons. The van der Waals surface area contributed by atoms with Crippen molar-refractivity contribution in [2.75, 3.05) is 33.4 Å². The fourth-order valence-electron chi connectivity index (χ4n) is 3.15. The van der Waals surface area contributed by atoms with Gasteiger partial charge in [-0.05, 0) is 30.6 Å². The maximum atomic E-state index is 11.8. The highest BCUT2D eigenvalue weighted by Crippen LogP contribution is 2.59. The van der Waals surface area contributed by atoms with Crippen LogP contribution in [0.3, 0.4) is 0 Å². The van der Waals surface area contributed by atoms with Gasteiger partial charge in [0, 0.05) is 26.8 Å². The minimum Gasteiger partial charge on any atom is -0.381 e. The van der Waals surface area contributed by atoms with Gasteiger partial charge in [0.05, 0.1) is 0 Å². The summed E-state index contributed by atoms with van der Waals surface area (Å²) >= 11 is 0. The van der Waals surface area contributed by atoms with E-state index in [0.29, 0.717) is 17.9 Å². The molecule has 3 fully saturated rings. The third-order valence-electron chi connectivity index (χ3n) is 4.48. The SMILES string of the molecule is CN1CC(=O)N(CC2CC23CCOCC3)C1=O. The Labute approximate surface area is 101 Å². The maximum Gasteiger partial charge on any atom is 0.326 e. The number of carbonyl (C=O) groups excluding carboxylic acids is 2. The first kappa shape index (κ1) is 11.0. The predicted molar refractivity (Wildman–Crippen MR) is 60.3 cm³/mol. The molecule has 1 aliphatic carbocycles. The van der Waals surface area contributed by atoms with Crippen molar-refractivity contribution >= 4 is 11.9 Å². The second kappa shape index (κ2) is 3.70. The quantitative estimate of drug-likeness (QED) is 0.665. The van der Waals surface area contributed by atoms with Crippen LogP contribution in [-0.2, 0) is 9.53 Å². The lowest BCUT2D eigenvalue weighted by Gasteiger charge is -2.24. The molecule has 0 radical (unpaired) electrons. The molecule has 17 heavy (non-hydrogen) atoms. The van der Waals surface area contributed by atoms with Crippen molar-refractivity contribution in [3.05, 3.63) is 0 Å². The second-order valence-electron chi connectivity index (χ2n) is 5.52. The summed E-state index contributed by atoms with van der Waals surface area (Å²) in [5.74, 6) is 0.456. The van der Waals surface area contributed by atoms with E-state index in [0.717, 1.165) is 32.5 Å². The number of amides is 3. The number of carbonyl (C=O) groups is 2. The van der Waals surface area contributed by atoms with Crippen LogP contribution in [0.4, 0.5) is 4.79 Å². The number of urea groups is 1. The lowest BCUT2D eigenvalue weighted by molar-refractivity contribution is -0.125. The topological polar surface area (TPSA) is 49.9 Å². The van der Waals surface area contributed by atoms with E-state index in [9.17, 15) is 9.59 Å². The molecule has 5 heteroatoms. The third-order valence-corrected chi connectivity index (χ3v) is 4.48. The van der Waals surface area contributed by atoms with Gasteiger partial charge in [-0.25, -0.2) is 4.79 Å². The van der Waals surface area contributed by atoms with E-state index in [2.05, 4.69) is 0 Å². The van der Waals surface area contributed by atoms with Crippen LogP contribution >= 0.6 is 0 Å². The molecule has 2 aliphatic heterocycles. The van der Waals surface area contributed by atoms with Crippen molar-refractivity contribution in [1.82, 2.24) is 9.80 Å². The number of rotatable bonds is 2. The molecule has 0 N–H and O–H groups in total. The molecular weight excluding hydrogens is 220 g/mol. The Morgan fingerprint density at radius 3 is 2.65 bits per heavy atom. The average molecular weight is 238 g/mol. The van der Waals surface area contributed by atoms with Gasteiger partial charge in [-0.15, -0.1) is 0 Å². The van der Waals surface area contributed by atoms with Crippen LogP contribution in [0.5, 0.6) is 0 Å². The van der Waals surface area contributed by atoms with Crippen LogP contribution in [0.25, 0.3) is 0 Å². The van der Waals surface area contributed by atoms with Gasteiger partial charge >= 0.3 is 6.03 Å². The molecule has 0 bridgehead atoms. The standard InChI is InChI=1S/C12H18N2O3/c1-13-8-10(15)14(11(13)16)7-9-6-12(9)2-4-17-5-3-12/h9H,2-8H2,1H3. The van der Waals surface area contributed by atoms with Crippen molar-refractivity contribution in [3.8, 4) is 0 Å². The highest BCUT2D eigenvalue weighted by Gasteiger charge is 2.55. The number of nitrogens with zero attached hydrogens (tertiary/aromatic N) is 2. The maximum absolute atomic E-state index is 11.8. The number of hydrogen-bond donors (Lipinski definition) is 0. The van der Waals surface area contributed by atoms with E-state index in [1.165, 1.54) is 9.80 Å². The first-order chi connectivity index (χ1) is 8.12. The molecular formula is C12H18N2O3. The third kappa shape index (κ3) is 1.73. The molecule has 0 aromatic heterocycles. The van der Waals surface area contributed by atoms with Gasteiger partial charge in [0.2, 0.25) is 5.91 Å². The average Bonchev–Trinajstić information content (AvgIpc) is 2.90. The molecule has 0 aromatic rings. The summed E-state index contributed by atoms with van der Waals surface area (Å²) in [6.45, 7) is 2.51. The van der Waals surface area contributed by atoms with Crippen molar-refractivity contribution in [1.29, 1.82) is 0 Å². The molecule has 1 saturated carbocycles. The summed E-state index contributed by atoms with van der Waals surface area (Å²) in [6.07, 6.45) is 3.32. The summed E-state index contributed by atoms with van der Waals surface area (Å²) in [5, 5.41) is 0. The highest BCUT2D eigenvalue weighted by molar-refractivity contribution is 6.01. The van der Waals surface area contributed by atoms with E-state index in [-0.39, 0.29) is 18.5 Å². The molecule has 1 atom stereocenters. The Hall–Kier alpha value is -1.10. The Morgan fingerprint density at radius 1 is 1.35 bits per heavy atom. The van der Waals surface area contributed by atoms with Gasteiger partial charge in [0.15, 0.2) is 0 Å². The largest absolute Gasteiger partial charge is 0.381 e. The van der Waals surface area contributed by atoms with Crippen LogP contribution in [0.1, 0.15) is 19.3 Å². The minimum atomic E-state index is -0.135. The summed E-state index contributed by atoms with van der Waals surface area (Å²) in [7, 11) is 1.68. The fourth-order valence-corrected chi connectivity index (χ4v) is 3.15. The summed E-state index contributed by atoms with van der Waals surface area (Å²) < 4.78 is 5.37. The van der Waals surface area contributed by atoms with Gasteiger partial charge in [-0.1, -0.05) is 0 Å². The van der Waals surface area contributed by atoms with E-state index in [4.69, 9.17) is 4.74 Å². The van der Waals surface area contributed by atoms with E-state index in [1.54, 1.807) is 7.05 Å². The zero-order chi connectivity index (χ0) is 12.0. The highest BCUT2D eigenvalue weighted by atomic mass is 16.5. The Balaban J connectivity index is 1.62. The van der Waals surface area contributed by atoms with Gasteiger partial charge in [-0.2, -0.15) is 0 Å². The zero-order valence-electron chi connectivity index (χ0n) is 10.1. The first-order valence-electron chi connectivity index (χ1n) is 6.26. The van der Waals surface area contributed by atoms with Crippen LogP contribution in [0, 0.1) is 11.3 Å². The van der Waals surface area contributed by atoms with Gasteiger partial charge in [0.1, 0.15) is 6.54 Å². The lowest BCUT2D eigenvalue weighted by atomic mass is 9.94.